The molecule has 468 valence electrons. The van der Waals surface area contributed by atoms with E-state index in [1.807, 2.05) is 59.3 Å². The summed E-state index contributed by atoms with van der Waals surface area (Å²) < 4.78 is 27.4. The SMILES string of the molecule is CC(=O)c1ccc(C2=CC=C(Cc3ccc(C4CCC(C)CC4)c(C)c3)C3=CC=CC32)cc1.CC(C)(C)c1ccc(-c2ccc(Cc3ccc(C4CCCCC4)cc3)c3nccn23)cc1.CS(=O)(=O)c1ccc(Cc2ccc(-c3cc[nH]c(=O)c3)n3ccnc23)cc1. The molecule has 9 nitrogen and oxygen atoms in total. The zero-order valence-electron chi connectivity index (χ0n) is 54.3. The van der Waals surface area contributed by atoms with Gasteiger partial charge in [-0.15, -0.1) is 0 Å². The molecule has 10 heteroatoms. The zero-order chi connectivity index (χ0) is 64.1. The van der Waals surface area contributed by atoms with Gasteiger partial charge < -0.3 is 4.98 Å². The number of fused-ring (bicyclic) bond motifs is 3. The summed E-state index contributed by atoms with van der Waals surface area (Å²) in [7, 11) is -3.20. The Morgan fingerprint density at radius 2 is 1.20 bits per heavy atom. The molecule has 0 spiro atoms. The fraction of sp³-hybridized carbons (Fsp3) is 0.293. The summed E-state index contributed by atoms with van der Waals surface area (Å²) >= 11 is 0. The van der Waals surface area contributed by atoms with E-state index < -0.39 is 9.84 Å². The summed E-state index contributed by atoms with van der Waals surface area (Å²) in [5.74, 6) is 2.82. The van der Waals surface area contributed by atoms with Gasteiger partial charge in [-0.2, -0.15) is 0 Å². The summed E-state index contributed by atoms with van der Waals surface area (Å²) in [6.45, 7) is 13.1. The molecule has 4 aliphatic rings. The van der Waals surface area contributed by atoms with Gasteiger partial charge in [-0.1, -0.05) is 205 Å². The number of nitrogens with zero attached hydrogens (tertiary/aromatic N) is 4. The van der Waals surface area contributed by atoms with Crippen LogP contribution in [-0.4, -0.2) is 44.2 Å². The molecule has 0 bridgehead atoms. The maximum absolute atomic E-state index is 11.6. The maximum atomic E-state index is 11.6. The number of aryl methyl sites for hydroxylation is 1. The third-order valence-corrected chi connectivity index (χ3v) is 20.6. The molecule has 5 heterocycles. The summed E-state index contributed by atoms with van der Waals surface area (Å²) in [5, 5.41) is 0. The Kier molecular flexibility index (Phi) is 18.9. The Morgan fingerprint density at radius 3 is 1.78 bits per heavy atom. The zero-order valence-corrected chi connectivity index (χ0v) is 55.1. The van der Waals surface area contributed by atoms with Crippen molar-refractivity contribution in [1.29, 1.82) is 0 Å². The molecule has 0 saturated heterocycles. The Labute approximate surface area is 543 Å². The van der Waals surface area contributed by atoms with Gasteiger partial charge in [-0.3, -0.25) is 18.4 Å². The van der Waals surface area contributed by atoms with E-state index in [1.165, 1.54) is 131 Å². The minimum atomic E-state index is -3.20. The van der Waals surface area contributed by atoms with Crippen LogP contribution in [0.4, 0.5) is 0 Å². The number of nitrogens with one attached hydrogen (secondary N) is 1. The van der Waals surface area contributed by atoms with Crippen LogP contribution in [-0.2, 0) is 34.5 Å². The van der Waals surface area contributed by atoms with Crippen LogP contribution < -0.4 is 5.56 Å². The minimum Gasteiger partial charge on any atom is -0.329 e. The van der Waals surface area contributed by atoms with E-state index in [2.05, 4.69) is 177 Å². The number of Topliss-reactive ketones (excluding diaryl/α,β-unsaturated/α-hetero) is 1. The van der Waals surface area contributed by atoms with E-state index >= 15 is 0 Å². The minimum absolute atomic E-state index is 0.113. The van der Waals surface area contributed by atoms with Gasteiger partial charge in [0.2, 0.25) is 5.56 Å². The van der Waals surface area contributed by atoms with Crippen LogP contribution in [0.1, 0.15) is 170 Å². The molecule has 92 heavy (non-hydrogen) atoms. The number of sulfone groups is 1. The normalized spacial score (nSPS) is 17.4. The Bertz CT molecular complexity index is 4590. The van der Waals surface area contributed by atoms with Crippen LogP contribution in [0.2, 0.25) is 0 Å². The number of hydrogen-bond acceptors (Lipinski definition) is 6. The number of aromatic nitrogens is 5. The predicted octanol–water partition coefficient (Wildman–Crippen LogP) is 18.8. The molecule has 0 radical (unpaired) electrons. The van der Waals surface area contributed by atoms with Crippen molar-refractivity contribution in [2.45, 2.75) is 141 Å². The van der Waals surface area contributed by atoms with Gasteiger partial charge in [0, 0.05) is 73.2 Å². The molecule has 1 unspecified atom stereocenters. The number of rotatable bonds is 13. The molecule has 1 N–H and O–H groups in total. The number of carbonyl (C=O) groups excluding carboxylic acids is 1. The topological polar surface area (TPSA) is 119 Å². The van der Waals surface area contributed by atoms with Crippen molar-refractivity contribution in [2.24, 2.45) is 11.8 Å². The molecular weight excluding hydrogens is 1150 g/mol. The van der Waals surface area contributed by atoms with Crippen LogP contribution >= 0.6 is 0 Å². The molecule has 4 aliphatic carbocycles. The van der Waals surface area contributed by atoms with Crippen molar-refractivity contribution >= 4 is 32.5 Å². The summed E-state index contributed by atoms with van der Waals surface area (Å²) in [4.78, 5) is 35.4. The highest BCUT2D eigenvalue weighted by molar-refractivity contribution is 7.90. The summed E-state index contributed by atoms with van der Waals surface area (Å²) in [6.07, 6.45) is 36.6. The lowest BCUT2D eigenvalue weighted by atomic mass is 9.77. The van der Waals surface area contributed by atoms with E-state index in [1.54, 1.807) is 43.1 Å². The van der Waals surface area contributed by atoms with Gasteiger partial charge in [-0.25, -0.2) is 18.4 Å². The van der Waals surface area contributed by atoms with Gasteiger partial charge in [0.05, 0.1) is 16.3 Å². The average molecular weight is 1240 g/mol. The molecule has 0 aliphatic heterocycles. The van der Waals surface area contributed by atoms with Crippen molar-refractivity contribution in [2.75, 3.05) is 6.26 Å². The number of hydrogen-bond donors (Lipinski definition) is 1. The average Bonchev–Trinajstić information content (AvgIpc) is 1.57. The highest BCUT2D eigenvalue weighted by atomic mass is 32.2. The number of ketones is 1. The van der Waals surface area contributed by atoms with Gasteiger partial charge in [0.15, 0.2) is 15.6 Å². The second kappa shape index (κ2) is 27.5. The first-order valence-corrected chi connectivity index (χ1v) is 34.9. The van der Waals surface area contributed by atoms with Crippen LogP contribution in [0, 0.1) is 18.8 Å². The van der Waals surface area contributed by atoms with Crippen LogP contribution in [0.3, 0.4) is 0 Å². The van der Waals surface area contributed by atoms with Crippen molar-refractivity contribution in [3.63, 3.8) is 0 Å². The predicted molar refractivity (Wildman–Crippen MR) is 376 cm³/mol. The van der Waals surface area contributed by atoms with Gasteiger partial charge in [0.25, 0.3) is 0 Å². The molecular formula is C82H85N5O4S. The quantitative estimate of drug-likeness (QED) is 0.115. The molecule has 5 aromatic carbocycles. The Hall–Kier alpha value is -8.99. The molecule has 2 fully saturated rings. The molecule has 2 saturated carbocycles. The number of allylic oxidation sites excluding steroid dienone is 8. The number of pyridine rings is 3. The fourth-order valence-corrected chi connectivity index (χ4v) is 14.8. The highest BCUT2D eigenvalue weighted by Gasteiger charge is 2.27. The van der Waals surface area contributed by atoms with Gasteiger partial charge in [-0.05, 0) is 177 Å². The largest absolute Gasteiger partial charge is 0.329 e. The fourth-order valence-electron chi connectivity index (χ4n) is 14.1. The number of H-pyrrole nitrogens is 1. The standard InChI is InChI=1S/C32H34O.C30H34N2.C20H17N3O3S/c1-21-7-10-26(11-8-21)29-17-9-24(19-22(29)2)20-28-16-18-31(32-6-4-5-30(28)32)27-14-12-25(13-15-27)23(3)33;1-30(2,3)27-16-13-25(14-17-27)28-18-15-26(29-31-19-20-32(28)29)21-22-9-11-24(12-10-22)23-7-5-4-6-8-23;1-27(25,26)17-5-2-14(3-6-17)12-16-4-7-18(23-11-10-22-20(16)23)15-8-9-21-19(24)13-15/h4-6,9,12-19,21,26,32H,7-8,10-11,20H2,1-3H3;9-20,23H,4-8,21H2,1-3H3;2-11,13H,12H2,1H3,(H,21,24). The van der Waals surface area contributed by atoms with Crippen LogP contribution in [0.5, 0.6) is 0 Å². The van der Waals surface area contributed by atoms with Crippen molar-refractivity contribution in [1.82, 2.24) is 23.8 Å². The number of carbonyl (C=O) groups is 1. The summed E-state index contributed by atoms with van der Waals surface area (Å²) in [6, 6.07) is 52.3. The third-order valence-electron chi connectivity index (χ3n) is 19.5. The second-order valence-corrected chi connectivity index (χ2v) is 29.1. The molecule has 5 aromatic heterocycles. The Balaban J connectivity index is 0.000000134. The number of imidazole rings is 2. The van der Waals surface area contributed by atoms with E-state index in [-0.39, 0.29) is 16.8 Å². The van der Waals surface area contributed by atoms with E-state index in [0.29, 0.717) is 17.2 Å². The molecule has 0 amide bonds. The van der Waals surface area contributed by atoms with Crippen molar-refractivity contribution < 1.29 is 13.2 Å². The molecule has 14 rings (SSSR count). The van der Waals surface area contributed by atoms with Crippen molar-refractivity contribution in [3.8, 4) is 22.5 Å². The smallest absolute Gasteiger partial charge is 0.248 e. The number of aromatic amines is 1. The first-order valence-electron chi connectivity index (χ1n) is 33.0. The third kappa shape index (κ3) is 14.5. The Morgan fingerprint density at radius 1 is 0.598 bits per heavy atom. The molecule has 10 aromatic rings. The number of benzene rings is 5. The van der Waals surface area contributed by atoms with Crippen molar-refractivity contribution in [3.05, 3.63) is 296 Å². The highest BCUT2D eigenvalue weighted by Crippen LogP contribution is 2.43. The second-order valence-electron chi connectivity index (χ2n) is 27.1. The van der Waals surface area contributed by atoms with E-state index in [4.69, 9.17) is 4.98 Å². The first kappa shape index (κ1) is 63.2. The lowest BCUT2D eigenvalue weighted by molar-refractivity contribution is 0.101. The van der Waals surface area contributed by atoms with E-state index in [0.717, 1.165) is 69.8 Å². The van der Waals surface area contributed by atoms with Crippen LogP contribution in [0.25, 0.3) is 39.4 Å². The van der Waals surface area contributed by atoms with E-state index in [9.17, 15) is 18.0 Å². The lowest BCUT2D eigenvalue weighted by Gasteiger charge is -2.28. The monoisotopic (exact) mass is 1240 g/mol. The molecule has 1 atom stereocenters. The van der Waals surface area contributed by atoms with Gasteiger partial charge >= 0.3 is 0 Å². The lowest BCUT2D eigenvalue weighted by Crippen LogP contribution is -2.12. The summed E-state index contributed by atoms with van der Waals surface area (Å²) in [5.41, 5.74) is 24.0. The first-order chi connectivity index (χ1) is 44.4. The van der Waals surface area contributed by atoms with Crippen LogP contribution in [0.15, 0.2) is 234 Å². The maximum Gasteiger partial charge on any atom is 0.248 e. The van der Waals surface area contributed by atoms with Gasteiger partial charge in [0.1, 0.15) is 11.3 Å².